The first-order valence-corrected chi connectivity index (χ1v) is 11.0. The van der Waals surface area contributed by atoms with Crippen molar-refractivity contribution in [3.63, 3.8) is 0 Å². The van der Waals surface area contributed by atoms with Crippen LogP contribution in [0.4, 0.5) is 11.4 Å². The van der Waals surface area contributed by atoms with E-state index < -0.39 is 0 Å². The van der Waals surface area contributed by atoms with Gasteiger partial charge in [-0.25, -0.2) is 9.83 Å². The number of nitrogens with zero attached hydrogens (tertiary/aromatic N) is 4. The first-order valence-electron chi connectivity index (χ1n) is 9.78. The number of likely N-dealkylation sites (tertiary alicyclic amines) is 1. The molecule has 0 amide bonds. The maximum Gasteiger partial charge on any atom is 0.212 e. The van der Waals surface area contributed by atoms with Gasteiger partial charge in [-0.2, -0.15) is 0 Å². The summed E-state index contributed by atoms with van der Waals surface area (Å²) in [5.74, 6) is 0.617. The van der Waals surface area contributed by atoms with Crippen LogP contribution in [0.25, 0.3) is 15.3 Å². The number of hydrogen-bond acceptors (Lipinski definition) is 5. The molecule has 1 aromatic carbocycles. The van der Waals surface area contributed by atoms with Crippen LogP contribution in [0.1, 0.15) is 11.3 Å². The Hall–Kier alpha value is -2.59. The standard InChI is InChI=1S/C23H23ClN4OS/c1-25-21-7-5-17(12-20(21)24)28(18-10-11-27(2)14-18)15-19-6-8-22(30-19)16-4-9-23(29-3)26-13-16/h4-9,12-13,18H,10-11,14-15H2,2-3H3/t18-/m0/s1. The highest BCUT2D eigenvalue weighted by atomic mass is 35.5. The van der Waals surface area contributed by atoms with Gasteiger partial charge in [0.2, 0.25) is 11.6 Å². The fraction of sp³-hybridized carbons (Fsp3) is 0.304. The number of halogens is 1. The molecular formula is C23H23ClN4OS. The van der Waals surface area contributed by atoms with Crippen molar-refractivity contribution in [2.45, 2.75) is 19.0 Å². The van der Waals surface area contributed by atoms with Gasteiger partial charge in [-0.15, -0.1) is 11.3 Å². The first-order chi connectivity index (χ1) is 14.6. The fourth-order valence-corrected chi connectivity index (χ4v) is 5.01. The molecule has 4 rings (SSSR count). The van der Waals surface area contributed by atoms with Crippen molar-refractivity contribution in [1.29, 1.82) is 0 Å². The molecule has 2 aromatic heterocycles. The maximum atomic E-state index is 7.25. The number of methoxy groups -OCH3 is 1. The van der Waals surface area contributed by atoms with Gasteiger partial charge in [-0.05, 0) is 50.3 Å². The van der Waals surface area contributed by atoms with E-state index in [9.17, 15) is 0 Å². The second kappa shape index (κ2) is 9.05. The lowest BCUT2D eigenvalue weighted by atomic mass is 10.1. The van der Waals surface area contributed by atoms with Crippen molar-refractivity contribution >= 4 is 34.3 Å². The van der Waals surface area contributed by atoms with E-state index in [1.165, 1.54) is 9.75 Å². The Morgan fingerprint density at radius 2 is 2.17 bits per heavy atom. The lowest BCUT2D eigenvalue weighted by Crippen LogP contribution is -2.36. The summed E-state index contributed by atoms with van der Waals surface area (Å²) >= 11 is 8.13. The average Bonchev–Trinajstić information content (AvgIpc) is 3.41. The molecule has 1 atom stereocenters. The van der Waals surface area contributed by atoms with Crippen molar-refractivity contribution in [1.82, 2.24) is 9.88 Å². The highest BCUT2D eigenvalue weighted by Gasteiger charge is 2.27. The summed E-state index contributed by atoms with van der Waals surface area (Å²) in [6, 6.07) is 14.4. The molecule has 0 aliphatic carbocycles. The predicted molar refractivity (Wildman–Crippen MR) is 124 cm³/mol. The van der Waals surface area contributed by atoms with Gasteiger partial charge in [0.25, 0.3) is 0 Å². The summed E-state index contributed by atoms with van der Waals surface area (Å²) in [5, 5.41) is 0.509. The number of likely N-dealkylation sites (N-methyl/N-ethyl adjacent to an activating group) is 1. The third-order valence-corrected chi connectivity index (χ3v) is 6.83. The summed E-state index contributed by atoms with van der Waals surface area (Å²) in [6.07, 6.45) is 2.96. The Balaban J connectivity index is 1.60. The molecule has 3 heterocycles. The number of aromatic nitrogens is 1. The third-order valence-electron chi connectivity index (χ3n) is 5.41. The fourth-order valence-electron chi connectivity index (χ4n) is 3.80. The summed E-state index contributed by atoms with van der Waals surface area (Å²) in [7, 11) is 3.78. The van der Waals surface area contributed by atoms with Crippen LogP contribution < -0.4 is 9.64 Å². The predicted octanol–water partition coefficient (Wildman–Crippen LogP) is 5.73. The summed E-state index contributed by atoms with van der Waals surface area (Å²) in [5.41, 5.74) is 2.65. The van der Waals surface area contributed by atoms with E-state index in [2.05, 4.69) is 38.8 Å². The molecule has 0 N–H and O–H groups in total. The van der Waals surface area contributed by atoms with Gasteiger partial charge in [-0.1, -0.05) is 17.7 Å². The van der Waals surface area contributed by atoms with Gasteiger partial charge < -0.3 is 14.5 Å². The molecule has 30 heavy (non-hydrogen) atoms. The maximum absolute atomic E-state index is 7.25. The normalized spacial score (nSPS) is 16.4. The minimum absolute atomic E-state index is 0.415. The Morgan fingerprint density at radius 1 is 1.30 bits per heavy atom. The van der Waals surface area contributed by atoms with Crippen LogP contribution in [0, 0.1) is 6.57 Å². The van der Waals surface area contributed by atoms with Crippen LogP contribution >= 0.6 is 22.9 Å². The van der Waals surface area contributed by atoms with Crippen LogP contribution in [-0.2, 0) is 6.54 Å². The Labute approximate surface area is 186 Å². The largest absolute Gasteiger partial charge is 0.481 e. The number of thiophene rings is 1. The zero-order valence-corrected chi connectivity index (χ0v) is 18.6. The summed E-state index contributed by atoms with van der Waals surface area (Å²) < 4.78 is 5.16. The van der Waals surface area contributed by atoms with Crippen molar-refractivity contribution in [2.24, 2.45) is 0 Å². The minimum atomic E-state index is 0.415. The molecular weight excluding hydrogens is 416 g/mol. The molecule has 0 radical (unpaired) electrons. The van der Waals surface area contributed by atoms with Crippen molar-refractivity contribution in [2.75, 3.05) is 32.1 Å². The quantitative estimate of drug-likeness (QED) is 0.460. The Kier molecular flexibility index (Phi) is 6.24. The van der Waals surface area contributed by atoms with Crippen LogP contribution in [-0.4, -0.2) is 43.2 Å². The molecule has 1 saturated heterocycles. The molecule has 0 unspecified atom stereocenters. The van der Waals surface area contributed by atoms with Crippen LogP contribution in [0.2, 0.25) is 5.02 Å². The second-order valence-corrected chi connectivity index (χ2v) is 9.01. The molecule has 1 aliphatic heterocycles. The van der Waals surface area contributed by atoms with E-state index in [1.807, 2.05) is 36.5 Å². The summed E-state index contributed by atoms with van der Waals surface area (Å²) in [4.78, 5) is 15.1. The molecule has 1 aliphatic rings. The van der Waals surface area contributed by atoms with Crippen LogP contribution in [0.3, 0.4) is 0 Å². The summed E-state index contributed by atoms with van der Waals surface area (Å²) in [6.45, 7) is 10.2. The smallest absolute Gasteiger partial charge is 0.212 e. The van der Waals surface area contributed by atoms with E-state index >= 15 is 0 Å². The Morgan fingerprint density at radius 3 is 2.80 bits per heavy atom. The SMILES string of the molecule is [C-]#[N+]c1ccc(N(Cc2ccc(-c3ccc(OC)nc3)s2)[C@H]2CCN(C)C2)cc1Cl. The van der Waals surface area contributed by atoms with Crippen molar-refractivity contribution < 1.29 is 4.74 Å². The van der Waals surface area contributed by atoms with E-state index in [1.54, 1.807) is 18.4 Å². The van der Waals surface area contributed by atoms with Crippen LogP contribution in [0.5, 0.6) is 5.88 Å². The average molecular weight is 439 g/mol. The first kappa shape index (κ1) is 20.7. The monoisotopic (exact) mass is 438 g/mol. The number of benzene rings is 1. The number of hydrogen-bond donors (Lipinski definition) is 0. The second-order valence-electron chi connectivity index (χ2n) is 7.44. The molecule has 0 saturated carbocycles. The molecule has 5 nitrogen and oxygen atoms in total. The molecule has 7 heteroatoms. The molecule has 1 fully saturated rings. The number of anilines is 1. The van der Waals surface area contributed by atoms with Gasteiger partial charge in [0, 0.05) is 50.9 Å². The van der Waals surface area contributed by atoms with Gasteiger partial charge in [0.05, 0.1) is 20.2 Å². The van der Waals surface area contributed by atoms with Gasteiger partial charge in [0.1, 0.15) is 0 Å². The van der Waals surface area contributed by atoms with Gasteiger partial charge in [0.15, 0.2) is 0 Å². The number of pyridine rings is 1. The number of ether oxygens (including phenoxy) is 1. The van der Waals surface area contributed by atoms with E-state index in [-0.39, 0.29) is 0 Å². The van der Waals surface area contributed by atoms with E-state index in [0.717, 1.165) is 37.3 Å². The molecule has 0 bridgehead atoms. The van der Waals surface area contributed by atoms with Gasteiger partial charge >= 0.3 is 0 Å². The van der Waals surface area contributed by atoms with Gasteiger partial charge in [-0.3, -0.25) is 0 Å². The Bertz CT molecular complexity index is 1060. The lowest BCUT2D eigenvalue weighted by molar-refractivity contribution is 0.398. The van der Waals surface area contributed by atoms with Crippen LogP contribution in [0.15, 0.2) is 48.7 Å². The van der Waals surface area contributed by atoms with Crippen molar-refractivity contribution in [3.8, 4) is 16.3 Å². The van der Waals surface area contributed by atoms with E-state index in [4.69, 9.17) is 22.9 Å². The topological polar surface area (TPSA) is 33.0 Å². The van der Waals surface area contributed by atoms with E-state index in [0.29, 0.717) is 22.6 Å². The van der Waals surface area contributed by atoms with Crippen molar-refractivity contribution in [3.05, 3.63) is 70.0 Å². The molecule has 154 valence electrons. The highest BCUT2D eigenvalue weighted by molar-refractivity contribution is 7.15. The molecule has 0 spiro atoms. The zero-order chi connectivity index (χ0) is 21.1. The third kappa shape index (κ3) is 4.44. The zero-order valence-electron chi connectivity index (χ0n) is 17.0. The highest BCUT2D eigenvalue weighted by Crippen LogP contribution is 2.35. The molecule has 3 aromatic rings. The minimum Gasteiger partial charge on any atom is -0.481 e. The lowest BCUT2D eigenvalue weighted by Gasteiger charge is -2.31. The number of rotatable bonds is 6.